The number of benzene rings is 2. The summed E-state index contributed by atoms with van der Waals surface area (Å²) in [6, 6.07) is 17.5. The number of nitrogens with one attached hydrogen (secondary N) is 5. The highest BCUT2D eigenvalue weighted by atomic mass is 16.2. The fourth-order valence-corrected chi connectivity index (χ4v) is 5.55. The van der Waals surface area contributed by atoms with Gasteiger partial charge in [-0.3, -0.25) is 19.2 Å². The molecule has 2 aromatic carbocycles. The van der Waals surface area contributed by atoms with Crippen LogP contribution in [0.4, 0.5) is 4.79 Å². The molecule has 0 bridgehead atoms. The number of carbonyl (C=O) groups excluding carboxylic acids is 5. The summed E-state index contributed by atoms with van der Waals surface area (Å²) in [4.78, 5) is 68.4. The molecule has 0 saturated carbocycles. The highest BCUT2D eigenvalue weighted by Crippen LogP contribution is 2.26. The summed E-state index contributed by atoms with van der Waals surface area (Å²) in [6.45, 7) is 8.69. The summed E-state index contributed by atoms with van der Waals surface area (Å²) in [5.74, 6) is -1.05. The number of amides is 6. The maximum absolute atomic E-state index is 13.9. The van der Waals surface area contributed by atoms with Crippen LogP contribution in [0.15, 0.2) is 60.7 Å². The predicted molar refractivity (Wildman–Crippen MR) is 186 cm³/mol. The highest BCUT2D eigenvalue weighted by molar-refractivity contribution is 5.91. The standard InChI is InChI=1S/C36H53N7O5/c1-26(37-5)33(46)41-32(36(2,3)4)34(47)43-21-12-17-29(43)25-42(22-19-28-15-10-7-11-16-28)31(45)24-40-35(48)39-23-30(44)38-20-18-27-13-8-6-9-14-27/h6-11,13-16,26,29,32,37H,12,17-25H2,1-5H3,(H,38,44)(H,41,46)(H2,39,40,48)/t26-,29-,32+/m0/s1. The lowest BCUT2D eigenvalue weighted by molar-refractivity contribution is -0.142. The van der Waals surface area contributed by atoms with Crippen molar-refractivity contribution in [1.82, 2.24) is 36.4 Å². The van der Waals surface area contributed by atoms with Gasteiger partial charge in [0.05, 0.1) is 19.1 Å². The second-order valence-corrected chi connectivity index (χ2v) is 13.3. The molecule has 1 aliphatic rings. The Hall–Kier alpha value is -4.45. The Morgan fingerprint density at radius 2 is 1.48 bits per heavy atom. The first kappa shape index (κ1) is 38.0. The quantitative estimate of drug-likeness (QED) is 0.185. The molecule has 0 unspecified atom stereocenters. The first-order valence-electron chi connectivity index (χ1n) is 16.8. The summed E-state index contributed by atoms with van der Waals surface area (Å²) in [7, 11) is 1.69. The van der Waals surface area contributed by atoms with Crippen molar-refractivity contribution in [2.24, 2.45) is 5.41 Å². The second kappa shape index (κ2) is 18.8. The van der Waals surface area contributed by atoms with E-state index in [9.17, 15) is 24.0 Å². The maximum atomic E-state index is 13.9. The summed E-state index contributed by atoms with van der Waals surface area (Å²) in [5.41, 5.74) is 1.63. The molecule has 1 fully saturated rings. The normalized spacial score (nSPS) is 15.6. The molecule has 6 amide bonds. The molecule has 3 atom stereocenters. The van der Waals surface area contributed by atoms with Crippen LogP contribution in [0.25, 0.3) is 0 Å². The molecular weight excluding hydrogens is 610 g/mol. The van der Waals surface area contributed by atoms with Crippen molar-refractivity contribution in [3.63, 3.8) is 0 Å². The van der Waals surface area contributed by atoms with Crippen LogP contribution in [0, 0.1) is 5.41 Å². The van der Waals surface area contributed by atoms with Gasteiger partial charge in [0, 0.05) is 32.2 Å². The Labute approximate surface area is 284 Å². The van der Waals surface area contributed by atoms with Crippen molar-refractivity contribution in [1.29, 1.82) is 0 Å². The number of hydrogen-bond acceptors (Lipinski definition) is 6. The van der Waals surface area contributed by atoms with Gasteiger partial charge >= 0.3 is 6.03 Å². The van der Waals surface area contributed by atoms with Crippen LogP contribution >= 0.6 is 0 Å². The van der Waals surface area contributed by atoms with Crippen molar-refractivity contribution in [3.05, 3.63) is 71.8 Å². The predicted octanol–water partition coefficient (Wildman–Crippen LogP) is 1.85. The van der Waals surface area contributed by atoms with Gasteiger partial charge < -0.3 is 36.4 Å². The topological polar surface area (TPSA) is 152 Å². The zero-order valence-corrected chi connectivity index (χ0v) is 29.0. The molecule has 12 heteroatoms. The summed E-state index contributed by atoms with van der Waals surface area (Å²) < 4.78 is 0. The molecule has 1 saturated heterocycles. The summed E-state index contributed by atoms with van der Waals surface area (Å²) in [6.07, 6.45) is 2.77. The van der Waals surface area contributed by atoms with Gasteiger partial charge in [0.1, 0.15) is 6.04 Å². The molecule has 3 rings (SSSR count). The molecule has 48 heavy (non-hydrogen) atoms. The van der Waals surface area contributed by atoms with Crippen LogP contribution in [0.3, 0.4) is 0 Å². The lowest BCUT2D eigenvalue weighted by Gasteiger charge is -2.37. The smallest absolute Gasteiger partial charge is 0.315 e. The molecule has 1 heterocycles. The first-order valence-corrected chi connectivity index (χ1v) is 16.8. The molecule has 0 spiro atoms. The van der Waals surface area contributed by atoms with Gasteiger partial charge in [0.25, 0.3) is 0 Å². The SMILES string of the molecule is CN[C@@H](C)C(=O)N[C@H](C(=O)N1CCC[C@H]1CN(CCc1ccccc1)C(=O)CNC(=O)NCC(=O)NCCc1ccccc1)C(C)(C)C. The van der Waals surface area contributed by atoms with E-state index in [1.165, 1.54) is 0 Å². The number of likely N-dealkylation sites (N-methyl/N-ethyl adjacent to an activating group) is 1. The number of nitrogens with zero attached hydrogens (tertiary/aromatic N) is 2. The Kier molecular flexibility index (Phi) is 14.9. The average Bonchev–Trinajstić information content (AvgIpc) is 3.54. The van der Waals surface area contributed by atoms with Crippen molar-refractivity contribution >= 4 is 29.7 Å². The van der Waals surface area contributed by atoms with E-state index in [2.05, 4.69) is 26.6 Å². The lowest BCUT2D eigenvalue weighted by atomic mass is 9.85. The van der Waals surface area contributed by atoms with E-state index in [0.29, 0.717) is 45.4 Å². The van der Waals surface area contributed by atoms with E-state index in [1.807, 2.05) is 81.4 Å². The Morgan fingerprint density at radius 1 is 0.875 bits per heavy atom. The van der Waals surface area contributed by atoms with Crippen molar-refractivity contribution in [2.45, 2.75) is 71.5 Å². The van der Waals surface area contributed by atoms with E-state index in [0.717, 1.165) is 17.5 Å². The molecular formula is C36H53N7O5. The average molecular weight is 664 g/mol. The van der Waals surface area contributed by atoms with Crippen LogP contribution in [-0.2, 0) is 32.0 Å². The minimum atomic E-state index is -0.740. The van der Waals surface area contributed by atoms with E-state index in [1.54, 1.807) is 23.8 Å². The molecule has 5 N–H and O–H groups in total. The van der Waals surface area contributed by atoms with Gasteiger partial charge in [-0.1, -0.05) is 81.4 Å². The van der Waals surface area contributed by atoms with Gasteiger partial charge in [-0.15, -0.1) is 0 Å². The van der Waals surface area contributed by atoms with Crippen molar-refractivity contribution in [3.8, 4) is 0 Å². The van der Waals surface area contributed by atoms with Crippen LogP contribution in [0.5, 0.6) is 0 Å². The van der Waals surface area contributed by atoms with Gasteiger partial charge in [0.15, 0.2) is 0 Å². The monoisotopic (exact) mass is 663 g/mol. The third-order valence-electron chi connectivity index (χ3n) is 8.57. The third kappa shape index (κ3) is 12.3. The van der Waals surface area contributed by atoms with Gasteiger partial charge in [0.2, 0.25) is 23.6 Å². The summed E-state index contributed by atoms with van der Waals surface area (Å²) >= 11 is 0. The van der Waals surface area contributed by atoms with Crippen LogP contribution in [0.1, 0.15) is 51.7 Å². The Balaban J connectivity index is 1.60. The van der Waals surface area contributed by atoms with Crippen molar-refractivity contribution < 1.29 is 24.0 Å². The summed E-state index contributed by atoms with van der Waals surface area (Å²) in [5, 5.41) is 13.7. The zero-order chi connectivity index (χ0) is 35.1. The third-order valence-corrected chi connectivity index (χ3v) is 8.57. The van der Waals surface area contributed by atoms with E-state index in [4.69, 9.17) is 0 Å². The molecule has 2 aromatic rings. The molecule has 1 aliphatic heterocycles. The fraction of sp³-hybridized carbons (Fsp3) is 0.528. The van der Waals surface area contributed by atoms with Crippen LogP contribution < -0.4 is 26.6 Å². The largest absolute Gasteiger partial charge is 0.354 e. The maximum Gasteiger partial charge on any atom is 0.315 e. The van der Waals surface area contributed by atoms with Crippen LogP contribution in [0.2, 0.25) is 0 Å². The molecule has 0 aromatic heterocycles. The van der Waals surface area contributed by atoms with E-state index < -0.39 is 23.5 Å². The lowest BCUT2D eigenvalue weighted by Crippen LogP contribution is -2.59. The number of urea groups is 1. The number of carbonyl (C=O) groups is 5. The van der Waals surface area contributed by atoms with Crippen molar-refractivity contribution in [2.75, 3.05) is 46.3 Å². The Bertz CT molecular complexity index is 1350. The van der Waals surface area contributed by atoms with Gasteiger partial charge in [-0.25, -0.2) is 4.79 Å². The number of rotatable bonds is 16. The first-order chi connectivity index (χ1) is 22.9. The van der Waals surface area contributed by atoms with E-state index in [-0.39, 0.29) is 42.8 Å². The van der Waals surface area contributed by atoms with Gasteiger partial charge in [-0.2, -0.15) is 0 Å². The number of likely N-dealkylation sites (tertiary alicyclic amines) is 1. The zero-order valence-electron chi connectivity index (χ0n) is 29.0. The number of hydrogen-bond donors (Lipinski definition) is 5. The second-order valence-electron chi connectivity index (χ2n) is 13.3. The van der Waals surface area contributed by atoms with E-state index >= 15 is 0 Å². The van der Waals surface area contributed by atoms with Crippen LogP contribution in [-0.4, -0.2) is 104 Å². The Morgan fingerprint density at radius 3 is 2.08 bits per heavy atom. The highest BCUT2D eigenvalue weighted by Gasteiger charge is 2.40. The molecule has 12 nitrogen and oxygen atoms in total. The minimum absolute atomic E-state index is 0.170. The van der Waals surface area contributed by atoms with Gasteiger partial charge in [-0.05, 0) is 56.2 Å². The molecule has 0 radical (unpaired) electrons. The molecule has 0 aliphatic carbocycles. The fourth-order valence-electron chi connectivity index (χ4n) is 5.55. The molecule has 262 valence electrons. The minimum Gasteiger partial charge on any atom is -0.354 e.